The molecule has 0 aliphatic carbocycles. The van der Waals surface area contributed by atoms with Crippen LogP contribution in [0.25, 0.3) is 0 Å². The normalized spacial score (nSPS) is 15.5. The smallest absolute Gasteiger partial charge is 0.229 e. The van der Waals surface area contributed by atoms with Crippen molar-refractivity contribution in [1.82, 2.24) is 15.3 Å². The molecule has 0 radical (unpaired) electrons. The van der Waals surface area contributed by atoms with Crippen LogP contribution < -0.4 is 15.5 Å². The molecular formula is C25H27FN6. The zero-order valence-electron chi connectivity index (χ0n) is 18.2. The molecule has 3 aromatic rings. The van der Waals surface area contributed by atoms with E-state index in [1.165, 1.54) is 6.07 Å². The lowest BCUT2D eigenvalue weighted by atomic mass is 10.2. The highest BCUT2D eigenvalue weighted by atomic mass is 19.1. The lowest BCUT2D eigenvalue weighted by Crippen LogP contribution is -2.32. The Hall–Kier alpha value is -3.50. The van der Waals surface area contributed by atoms with E-state index >= 15 is 0 Å². The molecule has 0 bridgehead atoms. The first-order valence-electron chi connectivity index (χ1n) is 11.0. The maximum absolute atomic E-state index is 13.9. The molecule has 2 aromatic carbocycles. The molecule has 6 nitrogen and oxygen atoms in total. The second-order valence-corrected chi connectivity index (χ2v) is 8.01. The highest BCUT2D eigenvalue weighted by Crippen LogP contribution is 2.23. The van der Waals surface area contributed by atoms with Crippen LogP contribution in [0.5, 0.6) is 0 Å². The number of halogens is 1. The Morgan fingerprint density at radius 2 is 2.03 bits per heavy atom. The molecular weight excluding hydrogens is 403 g/mol. The van der Waals surface area contributed by atoms with Crippen LogP contribution in [0.3, 0.4) is 0 Å². The molecule has 1 aliphatic heterocycles. The van der Waals surface area contributed by atoms with Crippen LogP contribution in [0.4, 0.5) is 21.8 Å². The van der Waals surface area contributed by atoms with Gasteiger partial charge in [0, 0.05) is 48.7 Å². The van der Waals surface area contributed by atoms with Gasteiger partial charge in [-0.25, -0.2) is 9.37 Å². The van der Waals surface area contributed by atoms with Gasteiger partial charge >= 0.3 is 0 Å². The van der Waals surface area contributed by atoms with Crippen LogP contribution in [-0.4, -0.2) is 29.1 Å². The monoisotopic (exact) mass is 430 g/mol. The predicted molar refractivity (Wildman–Crippen MR) is 124 cm³/mol. The van der Waals surface area contributed by atoms with Crippen LogP contribution >= 0.6 is 0 Å². The van der Waals surface area contributed by atoms with Crippen molar-refractivity contribution < 1.29 is 4.39 Å². The van der Waals surface area contributed by atoms with Crippen molar-refractivity contribution in [3.63, 3.8) is 0 Å². The summed E-state index contributed by atoms with van der Waals surface area (Å²) in [6, 6.07) is 18.6. The van der Waals surface area contributed by atoms with Crippen LogP contribution in [-0.2, 0) is 13.0 Å². The summed E-state index contributed by atoms with van der Waals surface area (Å²) in [7, 11) is 0. The molecule has 4 rings (SSSR count). The molecule has 1 aromatic heterocycles. The minimum Gasteiger partial charge on any atom is -0.355 e. The maximum Gasteiger partial charge on any atom is 0.229 e. The summed E-state index contributed by atoms with van der Waals surface area (Å²) >= 11 is 0. The van der Waals surface area contributed by atoms with E-state index in [2.05, 4.69) is 39.6 Å². The Morgan fingerprint density at radius 3 is 2.84 bits per heavy atom. The first kappa shape index (κ1) is 21.7. The molecule has 32 heavy (non-hydrogen) atoms. The van der Waals surface area contributed by atoms with Crippen LogP contribution in [0.15, 0.2) is 54.6 Å². The topological polar surface area (TPSA) is 76.9 Å². The average Bonchev–Trinajstić information content (AvgIpc) is 3.28. The fraction of sp³-hybridized carbons (Fsp3) is 0.320. The van der Waals surface area contributed by atoms with E-state index < -0.39 is 0 Å². The number of hydrogen-bond donors (Lipinski definition) is 2. The third-order valence-corrected chi connectivity index (χ3v) is 5.57. The zero-order chi connectivity index (χ0) is 22.3. The summed E-state index contributed by atoms with van der Waals surface area (Å²) in [5.41, 5.74) is 3.04. The number of aryl methyl sites for hydroxylation is 1. The van der Waals surface area contributed by atoms with Gasteiger partial charge in [-0.2, -0.15) is 10.2 Å². The molecule has 1 fully saturated rings. The molecule has 1 unspecified atom stereocenters. The van der Waals surface area contributed by atoms with Gasteiger partial charge in [0.15, 0.2) is 0 Å². The molecule has 1 aliphatic rings. The Labute approximate surface area is 188 Å². The van der Waals surface area contributed by atoms with Crippen molar-refractivity contribution in [2.75, 3.05) is 23.3 Å². The minimum absolute atomic E-state index is 0.175. The van der Waals surface area contributed by atoms with E-state index in [9.17, 15) is 4.39 Å². The number of nitriles is 1. The van der Waals surface area contributed by atoms with E-state index in [1.54, 1.807) is 18.2 Å². The number of aromatic nitrogens is 2. The summed E-state index contributed by atoms with van der Waals surface area (Å²) in [5.74, 6) is 1.24. The molecule has 0 saturated carbocycles. The van der Waals surface area contributed by atoms with Gasteiger partial charge in [-0.1, -0.05) is 37.6 Å². The SMILES string of the molecule is CCCc1cc(N2CCC(NCc3ccccc3F)C2)nc(Nc2cccc(C#N)c2)n1. The average molecular weight is 431 g/mol. The molecule has 7 heteroatoms. The quantitative estimate of drug-likeness (QED) is 0.546. The van der Waals surface area contributed by atoms with Crippen LogP contribution in [0.1, 0.15) is 36.6 Å². The number of nitrogens with one attached hydrogen (secondary N) is 2. The van der Waals surface area contributed by atoms with Crippen LogP contribution in [0, 0.1) is 17.1 Å². The maximum atomic E-state index is 13.9. The van der Waals surface area contributed by atoms with Crippen molar-refractivity contribution in [2.45, 2.75) is 38.8 Å². The molecule has 0 spiro atoms. The van der Waals surface area contributed by atoms with Gasteiger partial charge in [-0.3, -0.25) is 0 Å². The summed E-state index contributed by atoms with van der Waals surface area (Å²) in [4.78, 5) is 11.7. The molecule has 2 N–H and O–H groups in total. The second kappa shape index (κ2) is 10.2. The van der Waals surface area contributed by atoms with Crippen molar-refractivity contribution >= 4 is 17.5 Å². The summed E-state index contributed by atoms with van der Waals surface area (Å²) in [5, 5.41) is 15.9. The van der Waals surface area contributed by atoms with Gasteiger partial charge in [-0.05, 0) is 37.1 Å². The van der Waals surface area contributed by atoms with E-state index in [0.29, 0.717) is 23.6 Å². The molecule has 164 valence electrons. The van der Waals surface area contributed by atoms with Crippen molar-refractivity contribution in [2.24, 2.45) is 0 Å². The fourth-order valence-corrected chi connectivity index (χ4v) is 3.91. The predicted octanol–water partition coefficient (Wildman–Crippen LogP) is 4.55. The fourth-order valence-electron chi connectivity index (χ4n) is 3.91. The van der Waals surface area contributed by atoms with E-state index in [-0.39, 0.29) is 11.9 Å². The van der Waals surface area contributed by atoms with Gasteiger partial charge in [0.1, 0.15) is 11.6 Å². The van der Waals surface area contributed by atoms with Gasteiger partial charge in [-0.15, -0.1) is 0 Å². The van der Waals surface area contributed by atoms with Crippen molar-refractivity contribution in [1.29, 1.82) is 5.26 Å². The molecule has 2 heterocycles. The number of anilines is 3. The third kappa shape index (κ3) is 5.40. The van der Waals surface area contributed by atoms with E-state index in [0.717, 1.165) is 49.6 Å². The Balaban J connectivity index is 1.46. The Bertz CT molecular complexity index is 1110. The minimum atomic E-state index is -0.175. The second-order valence-electron chi connectivity index (χ2n) is 8.01. The number of nitrogens with zero attached hydrogens (tertiary/aromatic N) is 4. The molecule has 1 atom stereocenters. The van der Waals surface area contributed by atoms with Crippen LogP contribution in [0.2, 0.25) is 0 Å². The molecule has 0 amide bonds. The standard InChI is InChI=1S/C25H27FN6/c1-2-6-20-14-24(31-25(29-20)30-21-9-5-7-18(13-21)15-27)32-12-11-22(17-32)28-16-19-8-3-4-10-23(19)26/h3-5,7-10,13-14,22,28H,2,6,11-12,16-17H2,1H3,(H,29,30,31). The number of hydrogen-bond acceptors (Lipinski definition) is 6. The Morgan fingerprint density at radius 1 is 1.16 bits per heavy atom. The molecule has 1 saturated heterocycles. The highest BCUT2D eigenvalue weighted by molar-refractivity contribution is 5.58. The summed E-state index contributed by atoms with van der Waals surface area (Å²) in [6.45, 7) is 4.32. The van der Waals surface area contributed by atoms with Crippen molar-refractivity contribution in [3.8, 4) is 6.07 Å². The first-order valence-corrected chi connectivity index (χ1v) is 11.0. The Kier molecular flexibility index (Phi) is 6.93. The largest absolute Gasteiger partial charge is 0.355 e. The third-order valence-electron chi connectivity index (χ3n) is 5.57. The van der Waals surface area contributed by atoms with Gasteiger partial charge in [0.2, 0.25) is 5.95 Å². The zero-order valence-corrected chi connectivity index (χ0v) is 18.2. The van der Waals surface area contributed by atoms with Gasteiger partial charge < -0.3 is 15.5 Å². The van der Waals surface area contributed by atoms with Gasteiger partial charge in [0.05, 0.1) is 11.6 Å². The van der Waals surface area contributed by atoms with Gasteiger partial charge in [0.25, 0.3) is 0 Å². The van der Waals surface area contributed by atoms with Crippen molar-refractivity contribution in [3.05, 3.63) is 77.2 Å². The lowest BCUT2D eigenvalue weighted by molar-refractivity contribution is 0.529. The van der Waals surface area contributed by atoms with E-state index in [1.807, 2.05) is 24.3 Å². The lowest BCUT2D eigenvalue weighted by Gasteiger charge is -2.20. The first-order chi connectivity index (χ1) is 15.6. The highest BCUT2D eigenvalue weighted by Gasteiger charge is 2.24. The summed E-state index contributed by atoms with van der Waals surface area (Å²) < 4.78 is 13.9. The van der Waals surface area contributed by atoms with E-state index in [4.69, 9.17) is 10.2 Å². The summed E-state index contributed by atoms with van der Waals surface area (Å²) in [6.07, 6.45) is 2.83. The number of rotatable bonds is 8. The number of benzene rings is 2.